The Morgan fingerprint density at radius 1 is 1.41 bits per heavy atom. The largest absolute Gasteiger partial charge is 0.297 e. The van der Waals surface area contributed by atoms with Gasteiger partial charge >= 0.3 is 0 Å². The maximum atomic E-state index is 13.1. The highest BCUT2D eigenvalue weighted by atomic mass is 32.2. The summed E-state index contributed by atoms with van der Waals surface area (Å²) >= 11 is 0. The Morgan fingerprint density at radius 3 is 2.77 bits per heavy atom. The number of piperidine rings is 1. The molecule has 1 saturated heterocycles. The maximum Gasteiger partial charge on any atom is 0.240 e. The van der Waals surface area contributed by atoms with Crippen molar-refractivity contribution in [3.05, 3.63) is 29.6 Å². The van der Waals surface area contributed by atoms with E-state index in [0.29, 0.717) is 18.2 Å². The molecule has 124 valence electrons. The first-order chi connectivity index (χ1) is 10.3. The highest BCUT2D eigenvalue weighted by Crippen LogP contribution is 2.20. The first kappa shape index (κ1) is 17.4. The second kappa shape index (κ2) is 7.06. The van der Waals surface area contributed by atoms with Gasteiger partial charge in [-0.1, -0.05) is 6.42 Å². The molecule has 0 aromatic heterocycles. The number of rotatable bonds is 5. The molecule has 0 aliphatic carbocycles. The molecule has 1 aliphatic rings. The molecule has 1 aliphatic heterocycles. The fourth-order valence-electron chi connectivity index (χ4n) is 3.11. The molecule has 22 heavy (non-hydrogen) atoms. The molecule has 1 aromatic carbocycles. The van der Waals surface area contributed by atoms with Crippen molar-refractivity contribution in [2.45, 2.75) is 57.0 Å². The van der Waals surface area contributed by atoms with Gasteiger partial charge in [0.2, 0.25) is 10.0 Å². The lowest BCUT2D eigenvalue weighted by Gasteiger charge is -2.38. The van der Waals surface area contributed by atoms with E-state index in [9.17, 15) is 12.8 Å². The molecule has 6 heteroatoms. The lowest BCUT2D eigenvalue weighted by Crippen LogP contribution is -2.48. The van der Waals surface area contributed by atoms with Gasteiger partial charge in [0, 0.05) is 18.6 Å². The molecule has 4 nitrogen and oxygen atoms in total. The lowest BCUT2D eigenvalue weighted by atomic mass is 10.0. The minimum absolute atomic E-state index is 0.144. The number of hydrogen-bond acceptors (Lipinski definition) is 3. The third-order valence-electron chi connectivity index (χ3n) is 4.42. The van der Waals surface area contributed by atoms with Crippen LogP contribution < -0.4 is 4.72 Å². The van der Waals surface area contributed by atoms with Crippen LogP contribution in [0.5, 0.6) is 0 Å². The van der Waals surface area contributed by atoms with Crippen LogP contribution >= 0.6 is 0 Å². The summed E-state index contributed by atoms with van der Waals surface area (Å²) in [5, 5.41) is 0. The topological polar surface area (TPSA) is 49.4 Å². The number of halogens is 1. The van der Waals surface area contributed by atoms with Crippen LogP contribution in [0.25, 0.3) is 0 Å². The van der Waals surface area contributed by atoms with Crippen LogP contribution in [0.1, 0.15) is 38.7 Å². The van der Waals surface area contributed by atoms with E-state index >= 15 is 0 Å². The smallest absolute Gasteiger partial charge is 0.240 e. The maximum absolute atomic E-state index is 13.1. The van der Waals surface area contributed by atoms with E-state index in [-0.39, 0.29) is 10.9 Å². The van der Waals surface area contributed by atoms with Crippen molar-refractivity contribution in [2.24, 2.45) is 0 Å². The molecule has 1 fully saturated rings. The SMILES string of the molecule is Cc1cc(F)ccc1S(=O)(=O)NCC(C)N1CCCCC1C. The zero-order valence-corrected chi connectivity index (χ0v) is 14.3. The Bertz CT molecular complexity index is 619. The van der Waals surface area contributed by atoms with Gasteiger partial charge in [-0.05, 0) is 63.9 Å². The Hall–Kier alpha value is -0.980. The predicted molar refractivity (Wildman–Crippen MR) is 85.8 cm³/mol. The van der Waals surface area contributed by atoms with Crippen molar-refractivity contribution in [1.29, 1.82) is 0 Å². The van der Waals surface area contributed by atoms with Crippen molar-refractivity contribution in [3.63, 3.8) is 0 Å². The van der Waals surface area contributed by atoms with Gasteiger partial charge in [0.15, 0.2) is 0 Å². The van der Waals surface area contributed by atoms with E-state index < -0.39 is 15.8 Å². The summed E-state index contributed by atoms with van der Waals surface area (Å²) < 4.78 is 40.5. The summed E-state index contributed by atoms with van der Waals surface area (Å²) in [4.78, 5) is 2.50. The first-order valence-electron chi connectivity index (χ1n) is 7.83. The second-order valence-electron chi connectivity index (χ2n) is 6.19. The second-order valence-corrected chi connectivity index (χ2v) is 7.93. The van der Waals surface area contributed by atoms with Crippen LogP contribution in [0.3, 0.4) is 0 Å². The van der Waals surface area contributed by atoms with E-state index in [2.05, 4.69) is 16.5 Å². The Morgan fingerprint density at radius 2 is 2.14 bits per heavy atom. The lowest BCUT2D eigenvalue weighted by molar-refractivity contribution is 0.116. The predicted octanol–water partition coefficient (Wildman–Crippen LogP) is 2.68. The summed E-state index contributed by atoms with van der Waals surface area (Å²) in [5.41, 5.74) is 0.423. The Kier molecular flexibility index (Phi) is 5.58. The highest BCUT2D eigenvalue weighted by molar-refractivity contribution is 7.89. The number of nitrogens with one attached hydrogen (secondary N) is 1. The fraction of sp³-hybridized carbons (Fsp3) is 0.625. The molecule has 0 bridgehead atoms. The molecule has 1 N–H and O–H groups in total. The van der Waals surface area contributed by atoms with Gasteiger partial charge in [-0.2, -0.15) is 0 Å². The number of sulfonamides is 1. The van der Waals surface area contributed by atoms with Crippen LogP contribution in [0.15, 0.2) is 23.1 Å². The van der Waals surface area contributed by atoms with Crippen LogP contribution in [-0.4, -0.2) is 38.5 Å². The van der Waals surface area contributed by atoms with Gasteiger partial charge in [-0.15, -0.1) is 0 Å². The van der Waals surface area contributed by atoms with Crippen molar-refractivity contribution in [3.8, 4) is 0 Å². The summed E-state index contributed by atoms with van der Waals surface area (Å²) in [6.45, 7) is 7.22. The third kappa shape index (κ3) is 4.06. The molecule has 1 aromatic rings. The molecule has 2 unspecified atom stereocenters. The van der Waals surface area contributed by atoms with Gasteiger partial charge < -0.3 is 0 Å². The van der Waals surface area contributed by atoms with E-state index in [0.717, 1.165) is 13.0 Å². The highest BCUT2D eigenvalue weighted by Gasteiger charge is 2.25. The molecule has 2 rings (SSSR count). The van der Waals surface area contributed by atoms with Crippen LogP contribution in [0.4, 0.5) is 4.39 Å². The number of aryl methyl sites for hydroxylation is 1. The zero-order chi connectivity index (χ0) is 16.3. The normalized spacial score (nSPS) is 21.7. The Balaban J connectivity index is 2.03. The molecule has 2 atom stereocenters. The van der Waals surface area contributed by atoms with Gasteiger partial charge in [-0.25, -0.2) is 17.5 Å². The number of hydrogen-bond donors (Lipinski definition) is 1. The van der Waals surface area contributed by atoms with Gasteiger partial charge in [0.05, 0.1) is 4.90 Å². The average molecular weight is 328 g/mol. The first-order valence-corrected chi connectivity index (χ1v) is 9.31. The fourth-order valence-corrected chi connectivity index (χ4v) is 4.46. The van der Waals surface area contributed by atoms with E-state index in [4.69, 9.17) is 0 Å². The summed E-state index contributed by atoms with van der Waals surface area (Å²) in [7, 11) is -3.60. The quantitative estimate of drug-likeness (QED) is 0.904. The minimum Gasteiger partial charge on any atom is -0.297 e. The van der Waals surface area contributed by atoms with Crippen molar-refractivity contribution in [1.82, 2.24) is 9.62 Å². The van der Waals surface area contributed by atoms with Gasteiger partial charge in [-0.3, -0.25) is 4.90 Å². The molecule has 0 spiro atoms. The summed E-state index contributed by atoms with van der Waals surface area (Å²) in [6.07, 6.45) is 3.57. The van der Waals surface area contributed by atoms with Crippen LogP contribution in [-0.2, 0) is 10.0 Å². The summed E-state index contributed by atoms with van der Waals surface area (Å²) in [6, 6.07) is 4.37. The molecule has 0 radical (unpaired) electrons. The number of benzene rings is 1. The van der Waals surface area contributed by atoms with Crippen LogP contribution in [0.2, 0.25) is 0 Å². The van der Waals surface area contributed by atoms with Crippen molar-refractivity contribution < 1.29 is 12.8 Å². The van der Waals surface area contributed by atoms with Crippen LogP contribution in [0, 0.1) is 12.7 Å². The average Bonchev–Trinajstić information content (AvgIpc) is 2.45. The van der Waals surface area contributed by atoms with E-state index in [1.165, 1.54) is 31.0 Å². The number of likely N-dealkylation sites (tertiary alicyclic amines) is 1. The molecule has 0 amide bonds. The number of nitrogens with zero attached hydrogens (tertiary/aromatic N) is 1. The standard InChI is InChI=1S/C16H25FN2O2S/c1-12-10-15(17)7-8-16(12)22(20,21)18-11-14(3)19-9-5-4-6-13(19)2/h7-8,10,13-14,18H,4-6,9,11H2,1-3H3. The van der Waals surface area contributed by atoms with Gasteiger partial charge in [0.1, 0.15) is 5.82 Å². The van der Waals surface area contributed by atoms with E-state index in [1.807, 2.05) is 6.92 Å². The molecule has 0 saturated carbocycles. The Labute approximate surface area is 132 Å². The zero-order valence-electron chi connectivity index (χ0n) is 13.5. The minimum atomic E-state index is -3.60. The monoisotopic (exact) mass is 328 g/mol. The van der Waals surface area contributed by atoms with E-state index in [1.54, 1.807) is 6.92 Å². The summed E-state index contributed by atoms with van der Waals surface area (Å²) in [5.74, 6) is -0.424. The molecular weight excluding hydrogens is 303 g/mol. The van der Waals surface area contributed by atoms with Crippen molar-refractivity contribution >= 4 is 10.0 Å². The molecule has 1 heterocycles. The molecular formula is C16H25FN2O2S. The van der Waals surface area contributed by atoms with Gasteiger partial charge in [0.25, 0.3) is 0 Å². The third-order valence-corrected chi connectivity index (χ3v) is 6.00. The van der Waals surface area contributed by atoms with Crippen molar-refractivity contribution in [2.75, 3.05) is 13.1 Å².